The predicted molar refractivity (Wildman–Crippen MR) is 50.2 cm³/mol. The van der Waals surface area contributed by atoms with Gasteiger partial charge in [0.1, 0.15) is 0 Å². The van der Waals surface area contributed by atoms with Crippen molar-refractivity contribution in [3.8, 4) is 11.6 Å². The molecule has 1 amide bonds. The summed E-state index contributed by atoms with van der Waals surface area (Å²) < 4.78 is 44.5. The minimum atomic E-state index is -4.83. The van der Waals surface area contributed by atoms with Gasteiger partial charge in [-0.2, -0.15) is 0 Å². The van der Waals surface area contributed by atoms with Crippen LogP contribution in [0.2, 0.25) is 0 Å². The third-order valence-corrected chi connectivity index (χ3v) is 1.55. The van der Waals surface area contributed by atoms with E-state index in [9.17, 15) is 18.0 Å². The molecule has 0 aromatic carbocycles. The van der Waals surface area contributed by atoms with Crippen LogP contribution in [0.25, 0.3) is 0 Å². The largest absolute Gasteiger partial charge is 0.573 e. The average molecular weight is 250 g/mol. The third-order valence-electron chi connectivity index (χ3n) is 1.55. The number of ether oxygens (including phenoxy) is 2. The van der Waals surface area contributed by atoms with E-state index in [2.05, 4.69) is 9.72 Å². The Balaban J connectivity index is 2.67. The highest BCUT2D eigenvalue weighted by atomic mass is 19.4. The normalized spacial score (nSPS) is 11.0. The second-order valence-corrected chi connectivity index (χ2v) is 2.92. The van der Waals surface area contributed by atoms with Crippen LogP contribution in [0.15, 0.2) is 18.3 Å². The number of halogens is 3. The molecule has 94 valence electrons. The fraction of sp³-hybridized carbons (Fsp3) is 0.333. The lowest BCUT2D eigenvalue weighted by atomic mass is 10.4. The molecular weight excluding hydrogens is 241 g/mol. The van der Waals surface area contributed by atoms with Crippen LogP contribution < -0.4 is 15.2 Å². The number of amides is 1. The first kappa shape index (κ1) is 13.1. The van der Waals surface area contributed by atoms with Crippen LogP contribution in [0.5, 0.6) is 11.6 Å². The number of pyridine rings is 1. The van der Waals surface area contributed by atoms with E-state index >= 15 is 0 Å². The van der Waals surface area contributed by atoms with Gasteiger partial charge in [0.05, 0.1) is 13.0 Å². The van der Waals surface area contributed by atoms with Crippen LogP contribution in [-0.4, -0.2) is 23.9 Å². The molecule has 0 saturated heterocycles. The number of rotatable bonds is 5. The molecule has 0 aliphatic rings. The summed E-state index contributed by atoms with van der Waals surface area (Å²) >= 11 is 0. The molecule has 1 aromatic heterocycles. The maximum Gasteiger partial charge on any atom is 0.573 e. The number of nitrogens with zero attached hydrogens (tertiary/aromatic N) is 1. The zero-order valence-electron chi connectivity index (χ0n) is 8.53. The van der Waals surface area contributed by atoms with Gasteiger partial charge in [0.15, 0.2) is 5.75 Å². The van der Waals surface area contributed by atoms with Gasteiger partial charge in [-0.3, -0.25) is 4.79 Å². The first-order valence-corrected chi connectivity index (χ1v) is 4.50. The van der Waals surface area contributed by atoms with E-state index in [1.54, 1.807) is 0 Å². The van der Waals surface area contributed by atoms with Gasteiger partial charge in [-0.1, -0.05) is 0 Å². The van der Waals surface area contributed by atoms with Gasteiger partial charge in [0.25, 0.3) is 5.88 Å². The van der Waals surface area contributed by atoms with Gasteiger partial charge < -0.3 is 15.2 Å². The van der Waals surface area contributed by atoms with Crippen molar-refractivity contribution in [3.63, 3.8) is 0 Å². The number of carbonyl (C=O) groups is 1. The quantitative estimate of drug-likeness (QED) is 0.852. The van der Waals surface area contributed by atoms with Gasteiger partial charge >= 0.3 is 6.36 Å². The summed E-state index contributed by atoms with van der Waals surface area (Å²) in [7, 11) is 0. The SMILES string of the molecule is NC(=O)CCOc1ncccc1OC(F)(F)F. The Morgan fingerprint density at radius 1 is 1.47 bits per heavy atom. The standard InChI is InChI=1S/C9H9F3N2O3/c10-9(11,12)17-6-2-1-4-14-8(6)16-5-3-7(13)15/h1-2,4H,3,5H2,(H2,13,15). The number of alkyl halides is 3. The van der Waals surface area contributed by atoms with E-state index < -0.39 is 18.0 Å². The van der Waals surface area contributed by atoms with Crippen molar-refractivity contribution >= 4 is 5.91 Å². The first-order chi connectivity index (χ1) is 7.88. The van der Waals surface area contributed by atoms with E-state index in [1.807, 2.05) is 0 Å². The Hall–Kier alpha value is -1.99. The molecule has 0 atom stereocenters. The van der Waals surface area contributed by atoms with Gasteiger partial charge in [-0.25, -0.2) is 4.98 Å². The molecule has 1 heterocycles. The summed E-state index contributed by atoms with van der Waals surface area (Å²) in [4.78, 5) is 14.0. The number of nitrogens with two attached hydrogens (primary N) is 1. The highest BCUT2D eigenvalue weighted by molar-refractivity contribution is 5.73. The lowest BCUT2D eigenvalue weighted by molar-refractivity contribution is -0.275. The molecule has 0 fully saturated rings. The van der Waals surface area contributed by atoms with Crippen molar-refractivity contribution in [2.24, 2.45) is 5.73 Å². The van der Waals surface area contributed by atoms with Crippen LogP contribution >= 0.6 is 0 Å². The van der Waals surface area contributed by atoms with E-state index in [0.29, 0.717) is 0 Å². The van der Waals surface area contributed by atoms with E-state index in [4.69, 9.17) is 10.5 Å². The average Bonchev–Trinajstić information content (AvgIpc) is 2.17. The zero-order valence-corrected chi connectivity index (χ0v) is 8.53. The van der Waals surface area contributed by atoms with E-state index in [1.165, 1.54) is 12.3 Å². The van der Waals surface area contributed by atoms with Crippen molar-refractivity contribution in [2.45, 2.75) is 12.8 Å². The Bertz CT molecular complexity index is 395. The van der Waals surface area contributed by atoms with Gasteiger partial charge in [0.2, 0.25) is 5.91 Å². The predicted octanol–water partition coefficient (Wildman–Crippen LogP) is 1.23. The van der Waals surface area contributed by atoms with Crippen molar-refractivity contribution in [2.75, 3.05) is 6.61 Å². The Labute approximate surface area is 94.3 Å². The summed E-state index contributed by atoms with van der Waals surface area (Å²) in [6.07, 6.45) is -3.71. The maximum atomic E-state index is 12.0. The van der Waals surface area contributed by atoms with Crippen LogP contribution in [0, 0.1) is 0 Å². The van der Waals surface area contributed by atoms with E-state index in [-0.39, 0.29) is 18.9 Å². The maximum absolute atomic E-state index is 12.0. The van der Waals surface area contributed by atoms with Crippen LogP contribution in [0.3, 0.4) is 0 Å². The molecule has 17 heavy (non-hydrogen) atoms. The smallest absolute Gasteiger partial charge is 0.474 e. The molecule has 5 nitrogen and oxygen atoms in total. The molecule has 0 radical (unpaired) electrons. The Morgan fingerprint density at radius 2 is 2.18 bits per heavy atom. The topological polar surface area (TPSA) is 74.4 Å². The van der Waals surface area contributed by atoms with Gasteiger partial charge in [0, 0.05) is 6.20 Å². The van der Waals surface area contributed by atoms with Crippen molar-refractivity contribution in [3.05, 3.63) is 18.3 Å². The molecule has 1 aromatic rings. The number of carbonyl (C=O) groups excluding carboxylic acids is 1. The molecule has 1 rings (SSSR count). The molecule has 0 spiro atoms. The summed E-state index contributed by atoms with van der Waals surface area (Å²) in [6.45, 7) is -0.166. The van der Waals surface area contributed by atoms with Gasteiger partial charge in [-0.15, -0.1) is 13.2 Å². The Morgan fingerprint density at radius 3 is 2.76 bits per heavy atom. The molecule has 0 aliphatic carbocycles. The molecule has 0 aliphatic heterocycles. The highest BCUT2D eigenvalue weighted by Crippen LogP contribution is 2.29. The number of hydrogen-bond donors (Lipinski definition) is 1. The van der Waals surface area contributed by atoms with Crippen molar-refractivity contribution in [1.29, 1.82) is 0 Å². The number of primary amides is 1. The summed E-state index contributed by atoms with van der Waals surface area (Å²) in [6, 6.07) is 2.32. The molecule has 2 N–H and O–H groups in total. The number of hydrogen-bond acceptors (Lipinski definition) is 4. The molecule has 0 saturated carbocycles. The second kappa shape index (κ2) is 5.37. The lowest BCUT2D eigenvalue weighted by Crippen LogP contribution is -2.19. The van der Waals surface area contributed by atoms with Crippen LogP contribution in [0.4, 0.5) is 13.2 Å². The van der Waals surface area contributed by atoms with Crippen LogP contribution in [-0.2, 0) is 4.79 Å². The first-order valence-electron chi connectivity index (χ1n) is 4.50. The summed E-state index contributed by atoms with van der Waals surface area (Å²) in [5, 5.41) is 0. The zero-order chi connectivity index (χ0) is 12.9. The summed E-state index contributed by atoms with van der Waals surface area (Å²) in [5.41, 5.74) is 4.85. The highest BCUT2D eigenvalue weighted by Gasteiger charge is 2.32. The lowest BCUT2D eigenvalue weighted by Gasteiger charge is -2.12. The molecule has 8 heteroatoms. The summed E-state index contributed by atoms with van der Waals surface area (Å²) in [5.74, 6) is -1.53. The fourth-order valence-electron chi connectivity index (χ4n) is 0.935. The minimum absolute atomic E-state index is 0.123. The fourth-order valence-corrected chi connectivity index (χ4v) is 0.935. The molecule has 0 unspecified atom stereocenters. The van der Waals surface area contributed by atoms with Crippen molar-refractivity contribution < 1.29 is 27.4 Å². The monoisotopic (exact) mass is 250 g/mol. The Kier molecular flexibility index (Phi) is 4.13. The number of aromatic nitrogens is 1. The van der Waals surface area contributed by atoms with Crippen LogP contribution in [0.1, 0.15) is 6.42 Å². The second-order valence-electron chi connectivity index (χ2n) is 2.92. The molecular formula is C9H9F3N2O3. The third kappa shape index (κ3) is 5.05. The van der Waals surface area contributed by atoms with Crippen molar-refractivity contribution in [1.82, 2.24) is 4.98 Å². The van der Waals surface area contributed by atoms with Gasteiger partial charge in [-0.05, 0) is 12.1 Å². The molecule has 0 bridgehead atoms. The van der Waals surface area contributed by atoms with E-state index in [0.717, 1.165) is 6.07 Å². The minimum Gasteiger partial charge on any atom is -0.474 e.